The Bertz CT molecular complexity index is 1980. The third-order valence-electron chi connectivity index (χ3n) is 10.4. The van der Waals surface area contributed by atoms with E-state index in [0.717, 1.165) is 59.4 Å². The topological polar surface area (TPSA) is 121 Å². The van der Waals surface area contributed by atoms with Crippen molar-refractivity contribution in [2.45, 2.75) is 69.9 Å². The van der Waals surface area contributed by atoms with Crippen LogP contribution in [0.2, 0.25) is 10.0 Å². The fourth-order valence-corrected chi connectivity index (χ4v) is 7.68. The molecule has 0 radical (unpaired) electrons. The van der Waals surface area contributed by atoms with E-state index < -0.39 is 11.4 Å². The first-order valence-electron chi connectivity index (χ1n) is 17.3. The summed E-state index contributed by atoms with van der Waals surface area (Å²) in [5.41, 5.74) is 5.55. The average Bonchev–Trinajstić information content (AvgIpc) is 3.58. The molecule has 4 N–H and O–H groups in total. The molecule has 1 aromatic heterocycles. The number of amides is 1. The Kier molecular flexibility index (Phi) is 10.1. The summed E-state index contributed by atoms with van der Waals surface area (Å²) in [5, 5.41) is 26.1. The summed E-state index contributed by atoms with van der Waals surface area (Å²) in [4.78, 5) is 20.4. The zero-order chi connectivity index (χ0) is 36.0. The predicted octanol–water partition coefficient (Wildman–Crippen LogP) is 6.21. The van der Waals surface area contributed by atoms with Gasteiger partial charge in [-0.1, -0.05) is 53.5 Å². The van der Waals surface area contributed by atoms with Crippen LogP contribution in [0.5, 0.6) is 11.5 Å². The normalized spacial score (nSPS) is 18.2. The Morgan fingerprint density at radius 1 is 1.14 bits per heavy atom. The molecule has 10 nitrogen and oxygen atoms in total. The number of methoxy groups -OCH3 is 1. The molecular weight excluding hydrogens is 696 g/mol. The van der Waals surface area contributed by atoms with Gasteiger partial charge in [0.1, 0.15) is 22.6 Å². The van der Waals surface area contributed by atoms with Crippen LogP contribution in [0, 0.1) is 5.82 Å². The van der Waals surface area contributed by atoms with E-state index in [0.29, 0.717) is 48.2 Å². The minimum absolute atomic E-state index is 0.0111. The summed E-state index contributed by atoms with van der Waals surface area (Å²) in [6.07, 6.45) is 3.13. The molecule has 3 aromatic carbocycles. The number of aliphatic hydroxyl groups excluding tert-OH is 1. The van der Waals surface area contributed by atoms with Crippen LogP contribution >= 0.6 is 23.2 Å². The number of nitrogens with one attached hydrogen (secondary N) is 2. The van der Waals surface area contributed by atoms with E-state index in [1.54, 1.807) is 12.1 Å². The van der Waals surface area contributed by atoms with Gasteiger partial charge < -0.3 is 34.9 Å². The van der Waals surface area contributed by atoms with E-state index in [1.807, 2.05) is 48.9 Å². The van der Waals surface area contributed by atoms with E-state index >= 15 is 4.39 Å². The molecule has 1 saturated carbocycles. The lowest BCUT2D eigenvalue weighted by molar-refractivity contribution is 0.101. The van der Waals surface area contributed by atoms with Gasteiger partial charge in [0.15, 0.2) is 11.6 Å². The highest BCUT2D eigenvalue weighted by Crippen LogP contribution is 2.45. The van der Waals surface area contributed by atoms with Gasteiger partial charge in [-0.05, 0) is 55.4 Å². The molecule has 2 aliphatic carbocycles. The number of ether oxygens (including phenoxy) is 2. The van der Waals surface area contributed by atoms with Gasteiger partial charge in [-0.3, -0.25) is 9.69 Å². The molecule has 4 aromatic rings. The van der Waals surface area contributed by atoms with Crippen molar-refractivity contribution in [3.8, 4) is 22.6 Å². The zero-order valence-corrected chi connectivity index (χ0v) is 30.4. The highest BCUT2D eigenvalue weighted by molar-refractivity contribution is 6.36. The SMILES string of the molecule is COc1cc(OC2CCc3c(-c4cccc(NC(=O)c5nc6c(n5C)CCN(C(C)CO)C6)c4Cl)cccc32)c(Cl)c(F)c1CNCC1(O)CC1. The highest BCUT2D eigenvalue weighted by atomic mass is 35.5. The molecule has 2 heterocycles. The first kappa shape index (κ1) is 35.7. The number of carbonyl (C=O) groups excluding carboxylic acids is 1. The predicted molar refractivity (Wildman–Crippen MR) is 194 cm³/mol. The summed E-state index contributed by atoms with van der Waals surface area (Å²) < 4.78 is 29.3. The maximum Gasteiger partial charge on any atom is 0.291 e. The molecule has 7 rings (SSSR count). The standard InChI is InChI=1S/C38H42Cl2FN5O5/c1-21(19-47)46-15-12-29-28(18-46)43-36(45(29)2)37(48)44-27-9-5-8-25(33(27)39)22-6-4-7-24-23(22)10-11-30(24)51-32-16-31(50-3)26(35(41)34(32)40)17-42-20-38(49)13-14-38/h4-9,16,21,30,42,47,49H,10-15,17-20H2,1-3H3,(H,44,48). The molecule has 0 spiro atoms. The van der Waals surface area contributed by atoms with Crippen LogP contribution in [0.1, 0.15) is 71.0 Å². The van der Waals surface area contributed by atoms with Gasteiger partial charge in [-0.2, -0.15) is 0 Å². The molecule has 0 bridgehead atoms. The minimum atomic E-state index is -0.714. The number of benzene rings is 3. The number of carbonyl (C=O) groups is 1. The summed E-state index contributed by atoms with van der Waals surface area (Å²) in [6, 6.07) is 13.1. The van der Waals surface area contributed by atoms with E-state index in [4.69, 9.17) is 32.7 Å². The Morgan fingerprint density at radius 2 is 1.90 bits per heavy atom. The maximum atomic E-state index is 15.6. The average molecular weight is 739 g/mol. The van der Waals surface area contributed by atoms with E-state index in [1.165, 1.54) is 7.11 Å². The van der Waals surface area contributed by atoms with Crippen LogP contribution < -0.4 is 20.1 Å². The van der Waals surface area contributed by atoms with Crippen LogP contribution in [0.25, 0.3) is 11.1 Å². The third kappa shape index (κ3) is 6.95. The fourth-order valence-electron chi connectivity index (χ4n) is 7.19. The lowest BCUT2D eigenvalue weighted by Crippen LogP contribution is -2.39. The Morgan fingerprint density at radius 3 is 2.65 bits per heavy atom. The van der Waals surface area contributed by atoms with Gasteiger partial charge in [-0.25, -0.2) is 9.37 Å². The summed E-state index contributed by atoms with van der Waals surface area (Å²) in [7, 11) is 3.32. The second kappa shape index (κ2) is 14.4. The molecule has 270 valence electrons. The van der Waals surface area contributed by atoms with Crippen molar-refractivity contribution in [1.29, 1.82) is 0 Å². The van der Waals surface area contributed by atoms with Crippen LogP contribution in [0.4, 0.5) is 10.1 Å². The van der Waals surface area contributed by atoms with Gasteiger partial charge in [0.2, 0.25) is 0 Å². The van der Waals surface area contributed by atoms with Crippen molar-refractivity contribution >= 4 is 34.8 Å². The van der Waals surface area contributed by atoms with E-state index in [9.17, 15) is 15.0 Å². The molecule has 1 aliphatic heterocycles. The summed E-state index contributed by atoms with van der Waals surface area (Å²) >= 11 is 13.5. The fraction of sp³-hybridized carbons (Fsp3) is 0.421. The monoisotopic (exact) mass is 737 g/mol. The number of anilines is 1. The first-order chi connectivity index (χ1) is 24.5. The van der Waals surface area contributed by atoms with Crippen molar-refractivity contribution in [3.05, 3.63) is 92.2 Å². The molecule has 3 aliphatic rings. The number of rotatable bonds is 12. The first-order valence-corrected chi connectivity index (χ1v) is 18.0. The van der Waals surface area contributed by atoms with Crippen molar-refractivity contribution in [1.82, 2.24) is 19.8 Å². The molecular formula is C38H42Cl2FN5O5. The second-order valence-electron chi connectivity index (χ2n) is 13.8. The van der Waals surface area contributed by atoms with Gasteiger partial charge in [-0.15, -0.1) is 0 Å². The van der Waals surface area contributed by atoms with Crippen LogP contribution in [0.3, 0.4) is 0 Å². The highest BCUT2D eigenvalue weighted by Gasteiger charge is 2.40. The largest absolute Gasteiger partial charge is 0.496 e. The number of aliphatic hydroxyl groups is 2. The van der Waals surface area contributed by atoms with E-state index in [2.05, 4.69) is 20.5 Å². The Balaban J connectivity index is 1.10. The molecule has 1 fully saturated rings. The van der Waals surface area contributed by atoms with Crippen molar-refractivity contribution in [3.63, 3.8) is 0 Å². The van der Waals surface area contributed by atoms with Gasteiger partial charge in [0, 0.05) is 68.6 Å². The zero-order valence-electron chi connectivity index (χ0n) is 28.9. The van der Waals surface area contributed by atoms with Crippen molar-refractivity contribution in [2.75, 3.05) is 32.1 Å². The molecule has 0 saturated heterocycles. The smallest absolute Gasteiger partial charge is 0.291 e. The quantitative estimate of drug-likeness (QED) is 0.136. The van der Waals surface area contributed by atoms with Crippen molar-refractivity contribution in [2.24, 2.45) is 7.05 Å². The van der Waals surface area contributed by atoms with Gasteiger partial charge in [0.05, 0.1) is 35.7 Å². The molecule has 2 atom stereocenters. The molecule has 51 heavy (non-hydrogen) atoms. The second-order valence-corrected chi connectivity index (χ2v) is 14.5. The van der Waals surface area contributed by atoms with Gasteiger partial charge >= 0.3 is 0 Å². The summed E-state index contributed by atoms with van der Waals surface area (Å²) in [5.74, 6) is -0.186. The Labute approximate surface area is 306 Å². The number of imidazole rings is 1. The number of aromatic nitrogens is 2. The number of hydrogen-bond donors (Lipinski definition) is 4. The minimum Gasteiger partial charge on any atom is -0.496 e. The number of hydrogen-bond acceptors (Lipinski definition) is 8. The van der Waals surface area contributed by atoms with Crippen LogP contribution in [0.15, 0.2) is 42.5 Å². The summed E-state index contributed by atoms with van der Waals surface area (Å²) in [6.45, 7) is 3.91. The van der Waals surface area contributed by atoms with Crippen LogP contribution in [-0.2, 0) is 33.0 Å². The maximum absolute atomic E-state index is 15.6. The number of halogens is 3. The molecule has 13 heteroatoms. The molecule has 2 unspecified atom stereocenters. The van der Waals surface area contributed by atoms with Crippen molar-refractivity contribution < 1.29 is 28.9 Å². The third-order valence-corrected chi connectivity index (χ3v) is 11.2. The van der Waals surface area contributed by atoms with Gasteiger partial charge in [0.25, 0.3) is 5.91 Å². The lowest BCUT2D eigenvalue weighted by atomic mass is 9.96. The van der Waals surface area contributed by atoms with Crippen LogP contribution in [-0.4, -0.2) is 69.0 Å². The molecule has 1 amide bonds. The number of fused-ring (bicyclic) bond motifs is 2. The number of nitrogens with zero attached hydrogens (tertiary/aromatic N) is 3. The van der Waals surface area contributed by atoms with E-state index in [-0.39, 0.29) is 47.5 Å². The Hall–Kier alpha value is -3.71. The lowest BCUT2D eigenvalue weighted by Gasteiger charge is -2.30.